The van der Waals surface area contributed by atoms with Crippen LogP contribution in [0.25, 0.3) is 0 Å². The minimum absolute atomic E-state index is 0.0262. The molecular weight excluding hydrogens is 242 g/mol. The molecule has 5 nitrogen and oxygen atoms in total. The molecule has 1 aliphatic heterocycles. The van der Waals surface area contributed by atoms with Gasteiger partial charge in [-0.3, -0.25) is 4.79 Å². The Morgan fingerprint density at radius 1 is 1.58 bits per heavy atom. The maximum absolute atomic E-state index is 12.2. The van der Waals surface area contributed by atoms with Gasteiger partial charge in [0, 0.05) is 12.8 Å². The molecule has 1 aliphatic rings. The van der Waals surface area contributed by atoms with Crippen molar-refractivity contribution in [3.05, 3.63) is 23.8 Å². The number of carbonyl (C=O) groups excluding carboxylic acids is 1. The van der Waals surface area contributed by atoms with Gasteiger partial charge in [0.1, 0.15) is 5.82 Å². The molecule has 2 rings (SSSR count). The molecule has 104 valence electrons. The molecule has 2 atom stereocenters. The topological polar surface area (TPSA) is 64.1 Å². The van der Waals surface area contributed by atoms with Crippen LogP contribution >= 0.6 is 0 Å². The summed E-state index contributed by atoms with van der Waals surface area (Å²) in [5.74, 6) is 0.767. The molecule has 1 amide bonds. The van der Waals surface area contributed by atoms with Crippen molar-refractivity contribution in [3.63, 3.8) is 0 Å². The van der Waals surface area contributed by atoms with Crippen LogP contribution in [0.4, 0.5) is 0 Å². The third-order valence-corrected chi connectivity index (χ3v) is 3.46. The van der Waals surface area contributed by atoms with Crippen LogP contribution in [0.15, 0.2) is 12.3 Å². The van der Waals surface area contributed by atoms with E-state index in [9.17, 15) is 4.79 Å². The monoisotopic (exact) mass is 263 g/mol. The highest BCUT2D eigenvalue weighted by Gasteiger charge is 2.30. The van der Waals surface area contributed by atoms with E-state index in [0.29, 0.717) is 6.54 Å². The lowest BCUT2D eigenvalue weighted by molar-refractivity contribution is -0.134. The molecular formula is C14H21N3O2. The molecule has 0 spiro atoms. The summed E-state index contributed by atoms with van der Waals surface area (Å²) in [6, 6.07) is 1.82. The second kappa shape index (κ2) is 6.61. The smallest absolute Gasteiger partial charge is 0.226 e. The molecule has 2 heterocycles. The van der Waals surface area contributed by atoms with Gasteiger partial charge < -0.3 is 10.1 Å². The number of nitrogens with one attached hydrogen (secondary N) is 1. The van der Waals surface area contributed by atoms with Crippen molar-refractivity contribution in [2.45, 2.75) is 45.8 Å². The quantitative estimate of drug-likeness (QED) is 0.896. The summed E-state index contributed by atoms with van der Waals surface area (Å²) in [7, 11) is 0. The second-order valence-corrected chi connectivity index (χ2v) is 4.88. The summed E-state index contributed by atoms with van der Waals surface area (Å²) in [6.45, 7) is 5.12. The molecule has 0 aliphatic carbocycles. The van der Waals surface area contributed by atoms with Crippen LogP contribution in [-0.2, 0) is 16.1 Å². The van der Waals surface area contributed by atoms with Gasteiger partial charge in [0.05, 0.1) is 24.3 Å². The van der Waals surface area contributed by atoms with E-state index in [1.165, 1.54) is 0 Å². The average molecular weight is 263 g/mol. The van der Waals surface area contributed by atoms with E-state index < -0.39 is 0 Å². The zero-order valence-electron chi connectivity index (χ0n) is 11.6. The Kier molecular flexibility index (Phi) is 4.85. The SMILES string of the molecule is CC[C@@H]1OCCC[C@H]1C(=O)NCc1ccnc(C)n1. The van der Waals surface area contributed by atoms with Gasteiger partial charge in [-0.1, -0.05) is 6.92 Å². The van der Waals surface area contributed by atoms with Crippen molar-refractivity contribution in [2.24, 2.45) is 5.92 Å². The van der Waals surface area contributed by atoms with Gasteiger partial charge in [-0.2, -0.15) is 0 Å². The predicted molar refractivity (Wildman–Crippen MR) is 71.4 cm³/mol. The fourth-order valence-corrected chi connectivity index (χ4v) is 2.45. The van der Waals surface area contributed by atoms with E-state index in [2.05, 4.69) is 22.2 Å². The van der Waals surface area contributed by atoms with Crippen molar-refractivity contribution in [3.8, 4) is 0 Å². The van der Waals surface area contributed by atoms with E-state index in [-0.39, 0.29) is 17.9 Å². The molecule has 0 bridgehead atoms. The summed E-state index contributed by atoms with van der Waals surface area (Å²) in [5.41, 5.74) is 0.839. The van der Waals surface area contributed by atoms with Crippen molar-refractivity contribution in [1.29, 1.82) is 0 Å². The van der Waals surface area contributed by atoms with E-state index >= 15 is 0 Å². The van der Waals surface area contributed by atoms with Gasteiger partial charge in [0.2, 0.25) is 5.91 Å². The van der Waals surface area contributed by atoms with Gasteiger partial charge in [-0.25, -0.2) is 9.97 Å². The number of nitrogens with zero attached hydrogens (tertiary/aromatic N) is 2. The van der Waals surface area contributed by atoms with Crippen molar-refractivity contribution in [2.75, 3.05) is 6.61 Å². The van der Waals surface area contributed by atoms with Crippen molar-refractivity contribution < 1.29 is 9.53 Å². The van der Waals surface area contributed by atoms with Gasteiger partial charge in [-0.15, -0.1) is 0 Å². The van der Waals surface area contributed by atoms with Crippen LogP contribution in [0.1, 0.15) is 37.7 Å². The largest absolute Gasteiger partial charge is 0.377 e. The Hall–Kier alpha value is -1.49. The van der Waals surface area contributed by atoms with E-state index in [4.69, 9.17) is 4.74 Å². The van der Waals surface area contributed by atoms with Gasteiger partial charge in [-0.05, 0) is 32.3 Å². The minimum atomic E-state index is -0.0262. The highest BCUT2D eigenvalue weighted by molar-refractivity contribution is 5.79. The molecule has 1 fully saturated rings. The van der Waals surface area contributed by atoms with E-state index in [1.807, 2.05) is 13.0 Å². The Morgan fingerprint density at radius 3 is 3.16 bits per heavy atom. The molecule has 0 saturated carbocycles. The predicted octanol–water partition coefficient (Wildman–Crippen LogP) is 1.61. The number of aryl methyl sites for hydroxylation is 1. The van der Waals surface area contributed by atoms with Crippen LogP contribution in [-0.4, -0.2) is 28.6 Å². The van der Waals surface area contributed by atoms with Gasteiger partial charge >= 0.3 is 0 Å². The molecule has 0 radical (unpaired) electrons. The zero-order valence-corrected chi connectivity index (χ0v) is 11.6. The number of amides is 1. The number of hydrogen-bond acceptors (Lipinski definition) is 4. The number of rotatable bonds is 4. The third kappa shape index (κ3) is 3.73. The summed E-state index contributed by atoms with van der Waals surface area (Å²) >= 11 is 0. The minimum Gasteiger partial charge on any atom is -0.377 e. The molecule has 1 aromatic rings. The fourth-order valence-electron chi connectivity index (χ4n) is 2.45. The molecule has 0 aromatic carbocycles. The Balaban J connectivity index is 1.89. The molecule has 19 heavy (non-hydrogen) atoms. The van der Waals surface area contributed by atoms with Crippen LogP contribution in [0, 0.1) is 12.8 Å². The average Bonchev–Trinajstić information content (AvgIpc) is 2.45. The van der Waals surface area contributed by atoms with Gasteiger partial charge in [0.15, 0.2) is 0 Å². The molecule has 1 aromatic heterocycles. The van der Waals surface area contributed by atoms with E-state index in [1.54, 1.807) is 6.20 Å². The highest BCUT2D eigenvalue weighted by atomic mass is 16.5. The lowest BCUT2D eigenvalue weighted by Crippen LogP contribution is -2.41. The summed E-state index contributed by atoms with van der Waals surface area (Å²) < 4.78 is 5.65. The number of aromatic nitrogens is 2. The Labute approximate surface area is 113 Å². The Bertz CT molecular complexity index is 436. The zero-order chi connectivity index (χ0) is 13.7. The summed E-state index contributed by atoms with van der Waals surface area (Å²) in [5, 5.41) is 2.95. The van der Waals surface area contributed by atoms with Crippen molar-refractivity contribution >= 4 is 5.91 Å². The van der Waals surface area contributed by atoms with Crippen LogP contribution in [0.3, 0.4) is 0 Å². The van der Waals surface area contributed by atoms with Gasteiger partial charge in [0.25, 0.3) is 0 Å². The first-order valence-electron chi connectivity index (χ1n) is 6.88. The number of carbonyl (C=O) groups is 1. The van der Waals surface area contributed by atoms with E-state index in [0.717, 1.165) is 37.4 Å². The Morgan fingerprint density at radius 2 is 2.42 bits per heavy atom. The standard InChI is InChI=1S/C14H21N3O2/c1-3-13-12(5-4-8-19-13)14(18)16-9-11-6-7-15-10(2)17-11/h6-7,12-13H,3-5,8-9H2,1-2H3,(H,16,18)/t12-,13+/m1/s1. The van der Waals surface area contributed by atoms with Crippen LogP contribution < -0.4 is 5.32 Å². The maximum Gasteiger partial charge on any atom is 0.226 e. The summed E-state index contributed by atoms with van der Waals surface area (Å²) in [6.07, 6.45) is 4.52. The molecule has 1 N–H and O–H groups in total. The normalized spacial score (nSPS) is 23.1. The van der Waals surface area contributed by atoms with Crippen molar-refractivity contribution in [1.82, 2.24) is 15.3 Å². The maximum atomic E-state index is 12.2. The summed E-state index contributed by atoms with van der Waals surface area (Å²) in [4.78, 5) is 20.5. The molecule has 5 heteroatoms. The highest BCUT2D eigenvalue weighted by Crippen LogP contribution is 2.23. The first-order valence-corrected chi connectivity index (χ1v) is 6.88. The molecule has 0 unspecified atom stereocenters. The second-order valence-electron chi connectivity index (χ2n) is 4.88. The first kappa shape index (κ1) is 13.9. The fraction of sp³-hybridized carbons (Fsp3) is 0.643. The lowest BCUT2D eigenvalue weighted by Gasteiger charge is -2.30. The number of hydrogen-bond donors (Lipinski definition) is 1. The number of ether oxygens (including phenoxy) is 1. The first-order chi connectivity index (χ1) is 9.20. The molecule has 1 saturated heterocycles. The third-order valence-electron chi connectivity index (χ3n) is 3.46. The van der Waals surface area contributed by atoms with Crippen LogP contribution in [0.5, 0.6) is 0 Å². The lowest BCUT2D eigenvalue weighted by atomic mass is 9.92. The van der Waals surface area contributed by atoms with Crippen LogP contribution in [0.2, 0.25) is 0 Å².